The molecule has 1 saturated heterocycles. The summed E-state index contributed by atoms with van der Waals surface area (Å²) in [5.74, 6) is 0.466. The summed E-state index contributed by atoms with van der Waals surface area (Å²) < 4.78 is 5.40. The first-order valence-corrected chi connectivity index (χ1v) is 9.07. The molecule has 1 aliphatic rings. The Morgan fingerprint density at radius 1 is 1.33 bits per heavy atom. The van der Waals surface area contributed by atoms with Crippen LogP contribution in [0.3, 0.4) is 0 Å². The molecule has 1 fully saturated rings. The number of urea groups is 1. The number of amides is 2. The van der Waals surface area contributed by atoms with E-state index in [1.807, 2.05) is 37.3 Å². The van der Waals surface area contributed by atoms with Gasteiger partial charge in [-0.1, -0.05) is 37.3 Å². The fourth-order valence-electron chi connectivity index (χ4n) is 3.18. The minimum atomic E-state index is -0.0690. The third-order valence-electron chi connectivity index (χ3n) is 4.57. The summed E-state index contributed by atoms with van der Waals surface area (Å²) in [4.78, 5) is 14.6. The third kappa shape index (κ3) is 6.49. The molecule has 0 saturated carbocycles. The van der Waals surface area contributed by atoms with Crippen molar-refractivity contribution in [2.75, 3.05) is 32.8 Å². The topological polar surface area (TPSA) is 53.6 Å². The van der Waals surface area contributed by atoms with Gasteiger partial charge in [-0.25, -0.2) is 4.79 Å². The number of rotatable bonds is 8. The number of carbonyl (C=O) groups excluding carboxylic acids is 1. The summed E-state index contributed by atoms with van der Waals surface area (Å²) in [6, 6.07) is 10.2. The maximum Gasteiger partial charge on any atom is 0.315 e. The van der Waals surface area contributed by atoms with Crippen LogP contribution in [-0.2, 0) is 11.3 Å². The van der Waals surface area contributed by atoms with Gasteiger partial charge in [-0.05, 0) is 31.2 Å². The van der Waals surface area contributed by atoms with Crippen molar-refractivity contribution in [1.82, 2.24) is 15.5 Å². The second-order valence-corrected chi connectivity index (χ2v) is 6.54. The predicted molar refractivity (Wildman–Crippen MR) is 96.9 cm³/mol. The summed E-state index contributed by atoms with van der Waals surface area (Å²) in [6.45, 7) is 9.61. The zero-order valence-electron chi connectivity index (χ0n) is 15.0. The molecule has 2 atom stereocenters. The van der Waals surface area contributed by atoms with E-state index < -0.39 is 0 Å². The lowest BCUT2D eigenvalue weighted by Gasteiger charge is -2.37. The van der Waals surface area contributed by atoms with Crippen LogP contribution in [0.25, 0.3) is 0 Å². The molecule has 2 N–H and O–H groups in total. The molecule has 1 heterocycles. The van der Waals surface area contributed by atoms with Crippen molar-refractivity contribution in [3.63, 3.8) is 0 Å². The van der Waals surface area contributed by atoms with Crippen molar-refractivity contribution in [1.29, 1.82) is 0 Å². The first-order valence-electron chi connectivity index (χ1n) is 9.07. The Kier molecular flexibility index (Phi) is 8.05. The van der Waals surface area contributed by atoms with Gasteiger partial charge in [-0.2, -0.15) is 0 Å². The van der Waals surface area contributed by atoms with Gasteiger partial charge < -0.3 is 20.3 Å². The molecule has 0 radical (unpaired) electrons. The monoisotopic (exact) mass is 333 g/mol. The molecular weight excluding hydrogens is 302 g/mol. The Morgan fingerprint density at radius 3 is 2.83 bits per heavy atom. The molecule has 2 rings (SSSR count). The van der Waals surface area contributed by atoms with Gasteiger partial charge in [0.2, 0.25) is 0 Å². The predicted octanol–water partition coefficient (Wildman–Crippen LogP) is 2.62. The second kappa shape index (κ2) is 10.3. The van der Waals surface area contributed by atoms with Gasteiger partial charge in [0.05, 0.1) is 0 Å². The summed E-state index contributed by atoms with van der Waals surface area (Å²) in [5, 5.41) is 6.08. The van der Waals surface area contributed by atoms with Gasteiger partial charge in [0.1, 0.15) is 0 Å². The van der Waals surface area contributed by atoms with E-state index in [9.17, 15) is 4.79 Å². The zero-order valence-corrected chi connectivity index (χ0v) is 15.0. The number of ether oxygens (including phenoxy) is 1. The molecule has 24 heavy (non-hydrogen) atoms. The SMILES string of the molecule is CCOCCCN1CC[C@H](NC(=O)NCc2ccccc2)[C@H](C)C1. The van der Waals surface area contributed by atoms with Crippen LogP contribution in [0, 0.1) is 5.92 Å². The number of carbonyl (C=O) groups is 1. The van der Waals surface area contributed by atoms with Crippen LogP contribution in [0.1, 0.15) is 32.3 Å². The van der Waals surface area contributed by atoms with Gasteiger partial charge in [0.25, 0.3) is 0 Å². The van der Waals surface area contributed by atoms with Crippen molar-refractivity contribution in [2.24, 2.45) is 5.92 Å². The Hall–Kier alpha value is -1.59. The number of hydrogen-bond acceptors (Lipinski definition) is 3. The van der Waals surface area contributed by atoms with Gasteiger partial charge >= 0.3 is 6.03 Å². The highest BCUT2D eigenvalue weighted by molar-refractivity contribution is 5.74. The molecule has 5 heteroatoms. The van der Waals surface area contributed by atoms with E-state index in [0.29, 0.717) is 12.5 Å². The summed E-state index contributed by atoms with van der Waals surface area (Å²) in [6.07, 6.45) is 2.09. The zero-order chi connectivity index (χ0) is 17.2. The van der Waals surface area contributed by atoms with Crippen molar-refractivity contribution in [3.8, 4) is 0 Å². The smallest absolute Gasteiger partial charge is 0.315 e. The number of nitrogens with one attached hydrogen (secondary N) is 2. The van der Waals surface area contributed by atoms with Crippen LogP contribution in [0.4, 0.5) is 4.79 Å². The van der Waals surface area contributed by atoms with Crippen molar-refractivity contribution >= 4 is 6.03 Å². The van der Waals surface area contributed by atoms with Crippen molar-refractivity contribution in [2.45, 2.75) is 39.3 Å². The average Bonchev–Trinajstić information content (AvgIpc) is 2.60. The Balaban J connectivity index is 1.65. The number of hydrogen-bond donors (Lipinski definition) is 2. The highest BCUT2D eigenvalue weighted by Crippen LogP contribution is 2.17. The normalized spacial score (nSPS) is 21.4. The Labute approximate surface area is 145 Å². The number of nitrogens with zero attached hydrogens (tertiary/aromatic N) is 1. The van der Waals surface area contributed by atoms with E-state index in [4.69, 9.17) is 4.74 Å². The number of likely N-dealkylation sites (tertiary alicyclic amines) is 1. The fourth-order valence-corrected chi connectivity index (χ4v) is 3.18. The van der Waals surface area contributed by atoms with Gasteiger partial charge in [0.15, 0.2) is 0 Å². The van der Waals surface area contributed by atoms with E-state index in [1.165, 1.54) is 0 Å². The van der Waals surface area contributed by atoms with Crippen LogP contribution in [0.2, 0.25) is 0 Å². The van der Waals surface area contributed by atoms with E-state index in [-0.39, 0.29) is 12.1 Å². The van der Waals surface area contributed by atoms with E-state index >= 15 is 0 Å². The molecule has 0 unspecified atom stereocenters. The summed E-state index contributed by atoms with van der Waals surface area (Å²) in [5.41, 5.74) is 1.12. The van der Waals surface area contributed by atoms with E-state index in [2.05, 4.69) is 22.5 Å². The first kappa shape index (κ1) is 18.7. The summed E-state index contributed by atoms with van der Waals surface area (Å²) in [7, 11) is 0. The third-order valence-corrected chi connectivity index (χ3v) is 4.57. The summed E-state index contributed by atoms with van der Waals surface area (Å²) >= 11 is 0. The van der Waals surface area contributed by atoms with Crippen LogP contribution in [-0.4, -0.2) is 49.8 Å². The number of benzene rings is 1. The molecule has 134 valence electrons. The maximum absolute atomic E-state index is 12.1. The highest BCUT2D eigenvalue weighted by Gasteiger charge is 2.26. The standard InChI is InChI=1S/C19H31N3O2/c1-3-24-13-7-11-22-12-10-18(16(2)15-22)21-19(23)20-14-17-8-5-4-6-9-17/h4-6,8-9,16,18H,3,7,10-15H2,1-2H3,(H2,20,21,23)/t16-,18+/m1/s1. The largest absolute Gasteiger partial charge is 0.382 e. The van der Waals surface area contributed by atoms with Crippen molar-refractivity contribution in [3.05, 3.63) is 35.9 Å². The van der Waals surface area contributed by atoms with E-state index in [1.54, 1.807) is 0 Å². The molecule has 1 aliphatic heterocycles. The van der Waals surface area contributed by atoms with Crippen LogP contribution in [0.5, 0.6) is 0 Å². The molecule has 0 aliphatic carbocycles. The minimum Gasteiger partial charge on any atom is -0.382 e. The van der Waals surface area contributed by atoms with Gasteiger partial charge in [-0.15, -0.1) is 0 Å². The lowest BCUT2D eigenvalue weighted by Crippen LogP contribution is -2.52. The number of piperidine rings is 1. The van der Waals surface area contributed by atoms with Gasteiger partial charge in [-0.3, -0.25) is 0 Å². The molecular formula is C19H31N3O2. The molecule has 0 spiro atoms. The minimum absolute atomic E-state index is 0.0690. The molecule has 1 aromatic rings. The molecule has 0 bridgehead atoms. The van der Waals surface area contributed by atoms with Crippen molar-refractivity contribution < 1.29 is 9.53 Å². The molecule has 0 aromatic heterocycles. The molecule has 5 nitrogen and oxygen atoms in total. The highest BCUT2D eigenvalue weighted by atomic mass is 16.5. The maximum atomic E-state index is 12.1. The van der Waals surface area contributed by atoms with Crippen LogP contribution < -0.4 is 10.6 Å². The van der Waals surface area contributed by atoms with E-state index in [0.717, 1.165) is 51.3 Å². The quantitative estimate of drug-likeness (QED) is 0.719. The van der Waals surface area contributed by atoms with Crippen LogP contribution >= 0.6 is 0 Å². The first-order chi connectivity index (χ1) is 11.7. The Bertz CT molecular complexity index is 481. The molecule has 1 aromatic carbocycles. The fraction of sp³-hybridized carbons (Fsp3) is 0.632. The van der Waals surface area contributed by atoms with Gasteiger partial charge in [0, 0.05) is 45.4 Å². The second-order valence-electron chi connectivity index (χ2n) is 6.54. The Morgan fingerprint density at radius 2 is 2.12 bits per heavy atom. The molecule has 2 amide bonds. The lowest BCUT2D eigenvalue weighted by atomic mass is 9.94. The lowest BCUT2D eigenvalue weighted by molar-refractivity contribution is 0.110. The van der Waals surface area contributed by atoms with Crippen LogP contribution in [0.15, 0.2) is 30.3 Å². The average molecular weight is 333 g/mol.